The predicted molar refractivity (Wildman–Crippen MR) is 92.0 cm³/mol. The maximum absolute atomic E-state index is 13.7. The van der Waals surface area contributed by atoms with Crippen LogP contribution in [0.1, 0.15) is 47.4 Å². The molecule has 0 radical (unpaired) electrons. The van der Waals surface area contributed by atoms with Gasteiger partial charge < -0.3 is 10.1 Å². The van der Waals surface area contributed by atoms with Gasteiger partial charge in [-0.2, -0.15) is 0 Å². The Bertz CT molecular complexity index is 785. The number of hydrogen-bond acceptors (Lipinski definition) is 4. The standard InChI is InChI=1S/C19H21F2N3O2/c1-11-9-12(2)23-19(22-11)26-15-6-4-14(5-7-15)24-18(25)16-8-3-13(20)10-17(16)21/h3,8-10,14-15H,4-7H2,1-2H3,(H,24,25). The van der Waals surface area contributed by atoms with Gasteiger partial charge in [0.1, 0.15) is 17.7 Å². The Morgan fingerprint density at radius 2 is 1.73 bits per heavy atom. The highest BCUT2D eigenvalue weighted by Gasteiger charge is 2.25. The van der Waals surface area contributed by atoms with Gasteiger partial charge in [-0.05, 0) is 57.7 Å². The average Bonchev–Trinajstić information content (AvgIpc) is 2.55. The summed E-state index contributed by atoms with van der Waals surface area (Å²) in [6.45, 7) is 3.78. The molecule has 7 heteroatoms. The van der Waals surface area contributed by atoms with Gasteiger partial charge in [-0.1, -0.05) is 0 Å². The lowest BCUT2D eigenvalue weighted by molar-refractivity contribution is 0.0880. The third-order valence-electron chi connectivity index (χ3n) is 4.42. The maximum atomic E-state index is 13.7. The largest absolute Gasteiger partial charge is 0.460 e. The Labute approximate surface area is 150 Å². The van der Waals surface area contributed by atoms with Crippen LogP contribution in [-0.4, -0.2) is 28.0 Å². The number of ether oxygens (including phenoxy) is 1. The van der Waals surface area contributed by atoms with Gasteiger partial charge in [-0.15, -0.1) is 0 Å². The van der Waals surface area contributed by atoms with E-state index >= 15 is 0 Å². The molecule has 26 heavy (non-hydrogen) atoms. The number of hydrogen-bond donors (Lipinski definition) is 1. The van der Waals surface area contributed by atoms with Crippen molar-refractivity contribution < 1.29 is 18.3 Å². The quantitative estimate of drug-likeness (QED) is 0.905. The van der Waals surface area contributed by atoms with E-state index in [9.17, 15) is 13.6 Å². The van der Waals surface area contributed by atoms with Gasteiger partial charge in [0.25, 0.3) is 5.91 Å². The van der Waals surface area contributed by atoms with Crippen LogP contribution >= 0.6 is 0 Å². The van der Waals surface area contributed by atoms with Gasteiger partial charge in [0.2, 0.25) is 0 Å². The second kappa shape index (κ2) is 7.76. The Kier molecular flexibility index (Phi) is 5.44. The van der Waals surface area contributed by atoms with E-state index in [1.54, 1.807) is 0 Å². The van der Waals surface area contributed by atoms with Crippen molar-refractivity contribution in [3.8, 4) is 6.01 Å². The van der Waals surface area contributed by atoms with Crippen LogP contribution in [0.3, 0.4) is 0 Å². The number of aromatic nitrogens is 2. The van der Waals surface area contributed by atoms with E-state index < -0.39 is 17.5 Å². The molecule has 1 fully saturated rings. The Morgan fingerprint density at radius 3 is 2.35 bits per heavy atom. The number of carbonyl (C=O) groups excluding carboxylic acids is 1. The monoisotopic (exact) mass is 361 g/mol. The Morgan fingerprint density at radius 1 is 1.08 bits per heavy atom. The normalized spacial score (nSPS) is 19.8. The molecule has 1 N–H and O–H groups in total. The summed E-state index contributed by atoms with van der Waals surface area (Å²) >= 11 is 0. The Balaban J connectivity index is 1.52. The molecule has 138 valence electrons. The summed E-state index contributed by atoms with van der Waals surface area (Å²) in [6.07, 6.45) is 2.90. The second-order valence-corrected chi connectivity index (χ2v) is 6.62. The van der Waals surface area contributed by atoms with Crippen LogP contribution < -0.4 is 10.1 Å². The number of rotatable bonds is 4. The number of benzene rings is 1. The molecule has 0 bridgehead atoms. The van der Waals surface area contributed by atoms with Crippen LogP contribution in [0.5, 0.6) is 6.01 Å². The van der Waals surface area contributed by atoms with Crippen LogP contribution in [-0.2, 0) is 0 Å². The molecule has 0 unspecified atom stereocenters. The first-order chi connectivity index (χ1) is 12.4. The van der Waals surface area contributed by atoms with Crippen LogP contribution in [0, 0.1) is 25.5 Å². The van der Waals surface area contributed by atoms with Crippen molar-refractivity contribution in [1.29, 1.82) is 0 Å². The topological polar surface area (TPSA) is 64.1 Å². The molecule has 1 aliphatic rings. The smallest absolute Gasteiger partial charge is 0.317 e. The van der Waals surface area contributed by atoms with E-state index in [1.807, 2.05) is 19.9 Å². The fraction of sp³-hybridized carbons (Fsp3) is 0.421. The summed E-state index contributed by atoms with van der Waals surface area (Å²) in [7, 11) is 0. The number of halogens is 2. The lowest BCUT2D eigenvalue weighted by Gasteiger charge is -2.29. The molecular weight excluding hydrogens is 340 g/mol. The van der Waals surface area contributed by atoms with E-state index in [1.165, 1.54) is 0 Å². The molecule has 2 aromatic rings. The lowest BCUT2D eigenvalue weighted by Crippen LogP contribution is -2.40. The zero-order valence-electron chi connectivity index (χ0n) is 14.8. The molecule has 3 rings (SSSR count). The van der Waals surface area contributed by atoms with Gasteiger partial charge in [0.05, 0.1) is 5.56 Å². The minimum atomic E-state index is -0.855. The van der Waals surface area contributed by atoms with Crippen LogP contribution in [0.2, 0.25) is 0 Å². The van der Waals surface area contributed by atoms with Crippen LogP contribution in [0.4, 0.5) is 8.78 Å². The second-order valence-electron chi connectivity index (χ2n) is 6.62. The third-order valence-corrected chi connectivity index (χ3v) is 4.42. The molecule has 0 saturated heterocycles. The molecule has 1 aromatic carbocycles. The van der Waals surface area contributed by atoms with Crippen molar-refractivity contribution in [2.45, 2.75) is 51.7 Å². The van der Waals surface area contributed by atoms with E-state index in [0.717, 1.165) is 36.4 Å². The highest BCUT2D eigenvalue weighted by atomic mass is 19.1. The molecule has 0 aliphatic heterocycles. The lowest BCUT2D eigenvalue weighted by atomic mass is 9.92. The molecule has 5 nitrogen and oxygen atoms in total. The zero-order chi connectivity index (χ0) is 18.7. The maximum Gasteiger partial charge on any atom is 0.317 e. The third kappa shape index (κ3) is 4.53. The van der Waals surface area contributed by atoms with Crippen molar-refractivity contribution in [3.05, 3.63) is 52.9 Å². The highest BCUT2D eigenvalue weighted by molar-refractivity contribution is 5.94. The number of aryl methyl sites for hydroxylation is 2. The van der Waals surface area contributed by atoms with E-state index in [0.29, 0.717) is 24.9 Å². The molecule has 1 heterocycles. The fourth-order valence-electron chi connectivity index (χ4n) is 3.16. The van der Waals surface area contributed by atoms with Crippen LogP contribution in [0.15, 0.2) is 24.3 Å². The summed E-state index contributed by atoms with van der Waals surface area (Å²) in [5, 5.41) is 2.81. The first kappa shape index (κ1) is 18.2. The number of nitrogens with one attached hydrogen (secondary N) is 1. The molecule has 1 aliphatic carbocycles. The van der Waals surface area contributed by atoms with Crippen molar-refractivity contribution in [1.82, 2.24) is 15.3 Å². The fourth-order valence-corrected chi connectivity index (χ4v) is 3.16. The van der Waals surface area contributed by atoms with Gasteiger partial charge in [-0.3, -0.25) is 4.79 Å². The van der Waals surface area contributed by atoms with Gasteiger partial charge >= 0.3 is 6.01 Å². The van der Waals surface area contributed by atoms with Crippen molar-refractivity contribution in [3.63, 3.8) is 0 Å². The number of amides is 1. The molecule has 0 atom stereocenters. The highest BCUT2D eigenvalue weighted by Crippen LogP contribution is 2.23. The molecule has 0 spiro atoms. The first-order valence-corrected chi connectivity index (χ1v) is 8.65. The van der Waals surface area contributed by atoms with Gasteiger partial charge in [-0.25, -0.2) is 18.7 Å². The average molecular weight is 361 g/mol. The minimum Gasteiger partial charge on any atom is -0.460 e. The minimum absolute atomic E-state index is 0.00749. The Hall–Kier alpha value is -2.57. The van der Waals surface area contributed by atoms with E-state index in [4.69, 9.17) is 4.74 Å². The number of nitrogens with zero attached hydrogens (tertiary/aromatic N) is 2. The molecule has 1 aromatic heterocycles. The summed E-state index contributed by atoms with van der Waals surface area (Å²) in [4.78, 5) is 20.7. The van der Waals surface area contributed by atoms with Gasteiger partial charge in [0, 0.05) is 23.5 Å². The van der Waals surface area contributed by atoms with Crippen molar-refractivity contribution >= 4 is 5.91 Å². The summed E-state index contributed by atoms with van der Waals surface area (Å²) < 4.78 is 32.5. The van der Waals surface area contributed by atoms with E-state index in [-0.39, 0.29) is 17.7 Å². The summed E-state index contributed by atoms with van der Waals surface area (Å²) in [5.74, 6) is -2.08. The van der Waals surface area contributed by atoms with Crippen molar-refractivity contribution in [2.24, 2.45) is 0 Å². The molecule has 1 amide bonds. The zero-order valence-corrected chi connectivity index (χ0v) is 14.8. The summed E-state index contributed by atoms with van der Waals surface area (Å²) in [6, 6.07) is 5.14. The predicted octanol–water partition coefficient (Wildman–Crippen LogP) is 3.49. The van der Waals surface area contributed by atoms with Crippen molar-refractivity contribution in [2.75, 3.05) is 0 Å². The van der Waals surface area contributed by atoms with E-state index in [2.05, 4.69) is 15.3 Å². The number of carbonyl (C=O) groups is 1. The van der Waals surface area contributed by atoms with Crippen LogP contribution in [0.25, 0.3) is 0 Å². The molecular formula is C19H21F2N3O2. The first-order valence-electron chi connectivity index (χ1n) is 8.65. The SMILES string of the molecule is Cc1cc(C)nc(OC2CCC(NC(=O)c3ccc(F)cc3F)CC2)n1. The molecule has 1 saturated carbocycles. The summed E-state index contributed by atoms with van der Waals surface area (Å²) in [5.41, 5.74) is 1.57. The van der Waals surface area contributed by atoms with Gasteiger partial charge in [0.15, 0.2) is 0 Å².